The largest absolute Gasteiger partial charge is 0.330 e. The normalized spacial score (nSPS) is 12.0. The summed E-state index contributed by atoms with van der Waals surface area (Å²) in [5.41, 5.74) is 8.83. The van der Waals surface area contributed by atoms with Gasteiger partial charge in [-0.25, -0.2) is 0 Å². The van der Waals surface area contributed by atoms with Crippen LogP contribution in [0.2, 0.25) is 0 Å². The number of benzene rings is 2. The number of fused-ring (bicyclic) bond motifs is 1. The molecule has 2 aromatic rings. The summed E-state index contributed by atoms with van der Waals surface area (Å²) < 4.78 is 0. The van der Waals surface area contributed by atoms with E-state index >= 15 is 0 Å². The summed E-state index contributed by atoms with van der Waals surface area (Å²) in [5.74, 6) is 0. The molecule has 2 N–H and O–H groups in total. The van der Waals surface area contributed by atoms with E-state index in [-0.39, 0.29) is 5.41 Å². The smallest absolute Gasteiger partial charge is 0.00257 e. The molecular formula is C17H23N. The summed E-state index contributed by atoms with van der Waals surface area (Å²) in [7, 11) is 0. The Morgan fingerprint density at radius 3 is 2.33 bits per heavy atom. The van der Waals surface area contributed by atoms with Crippen LogP contribution in [0.1, 0.15) is 31.4 Å². The Morgan fingerprint density at radius 2 is 1.67 bits per heavy atom. The van der Waals surface area contributed by atoms with Crippen molar-refractivity contribution in [1.29, 1.82) is 0 Å². The molecule has 1 nitrogen and oxygen atoms in total. The first-order valence-electron chi connectivity index (χ1n) is 6.71. The van der Waals surface area contributed by atoms with Crippen molar-refractivity contribution in [3.05, 3.63) is 47.5 Å². The molecule has 0 saturated heterocycles. The number of nitrogens with two attached hydrogens (primary N) is 1. The highest BCUT2D eigenvalue weighted by Gasteiger charge is 2.15. The molecule has 0 heterocycles. The number of hydrogen-bond acceptors (Lipinski definition) is 1. The van der Waals surface area contributed by atoms with Crippen molar-refractivity contribution in [2.45, 2.75) is 33.6 Å². The minimum absolute atomic E-state index is 0.228. The average molecular weight is 241 g/mol. The van der Waals surface area contributed by atoms with Gasteiger partial charge in [0.25, 0.3) is 0 Å². The van der Waals surface area contributed by atoms with E-state index in [1.165, 1.54) is 21.9 Å². The van der Waals surface area contributed by atoms with Crippen LogP contribution < -0.4 is 5.73 Å². The van der Waals surface area contributed by atoms with Crippen molar-refractivity contribution in [3.8, 4) is 0 Å². The molecule has 0 aromatic heterocycles. The van der Waals surface area contributed by atoms with Crippen molar-refractivity contribution >= 4 is 10.8 Å². The van der Waals surface area contributed by atoms with Gasteiger partial charge in [-0.05, 0) is 53.6 Å². The maximum atomic E-state index is 5.81. The molecule has 18 heavy (non-hydrogen) atoms. The Hall–Kier alpha value is -1.34. The van der Waals surface area contributed by atoms with E-state index in [4.69, 9.17) is 5.73 Å². The summed E-state index contributed by atoms with van der Waals surface area (Å²) >= 11 is 0. The monoisotopic (exact) mass is 241 g/mol. The van der Waals surface area contributed by atoms with Gasteiger partial charge in [0.2, 0.25) is 0 Å². The van der Waals surface area contributed by atoms with Gasteiger partial charge in [-0.3, -0.25) is 0 Å². The Kier molecular flexibility index (Phi) is 3.72. The maximum absolute atomic E-state index is 5.81. The number of rotatable bonds is 4. The fourth-order valence-corrected chi connectivity index (χ4v) is 2.31. The van der Waals surface area contributed by atoms with Crippen LogP contribution in [-0.2, 0) is 6.42 Å². The van der Waals surface area contributed by atoms with Gasteiger partial charge in [0.15, 0.2) is 0 Å². The molecule has 96 valence electrons. The topological polar surface area (TPSA) is 26.0 Å². The lowest BCUT2D eigenvalue weighted by atomic mass is 9.85. The van der Waals surface area contributed by atoms with Gasteiger partial charge in [-0.1, -0.05) is 50.2 Å². The molecule has 0 aliphatic carbocycles. The van der Waals surface area contributed by atoms with Gasteiger partial charge in [0, 0.05) is 0 Å². The van der Waals surface area contributed by atoms with Crippen LogP contribution in [0, 0.1) is 12.3 Å². The molecule has 0 aliphatic rings. The molecule has 0 unspecified atom stereocenters. The van der Waals surface area contributed by atoms with Gasteiger partial charge in [0.1, 0.15) is 0 Å². The highest BCUT2D eigenvalue weighted by molar-refractivity contribution is 5.88. The lowest BCUT2D eigenvalue weighted by Gasteiger charge is -2.22. The van der Waals surface area contributed by atoms with Crippen LogP contribution in [0.15, 0.2) is 36.4 Å². The fraction of sp³-hybridized carbons (Fsp3) is 0.412. The van der Waals surface area contributed by atoms with Crippen LogP contribution in [0.5, 0.6) is 0 Å². The highest BCUT2D eigenvalue weighted by Crippen LogP contribution is 2.27. The van der Waals surface area contributed by atoms with E-state index in [1.807, 2.05) is 0 Å². The highest BCUT2D eigenvalue weighted by atomic mass is 14.6. The third-order valence-corrected chi connectivity index (χ3v) is 3.86. The van der Waals surface area contributed by atoms with Crippen LogP contribution >= 0.6 is 0 Å². The molecule has 1 heteroatoms. The Balaban J connectivity index is 2.32. The van der Waals surface area contributed by atoms with Gasteiger partial charge in [-0.15, -0.1) is 0 Å². The lowest BCUT2D eigenvalue weighted by Crippen LogP contribution is -2.24. The van der Waals surface area contributed by atoms with Crippen molar-refractivity contribution in [1.82, 2.24) is 0 Å². The second-order valence-electron chi connectivity index (χ2n) is 5.96. The van der Waals surface area contributed by atoms with E-state index < -0.39 is 0 Å². The Labute approximate surface area is 110 Å². The van der Waals surface area contributed by atoms with Crippen LogP contribution in [0.3, 0.4) is 0 Å². The predicted octanol–water partition coefficient (Wildman–Crippen LogP) is 4.07. The summed E-state index contributed by atoms with van der Waals surface area (Å²) in [5, 5.41) is 2.77. The molecule has 2 rings (SSSR count). The SMILES string of the molecule is Cc1ccc(CCC(C)(C)CN)c2ccccc12. The molecule has 2 aromatic carbocycles. The molecule has 0 atom stereocenters. The van der Waals surface area contributed by atoms with Gasteiger partial charge in [0.05, 0.1) is 0 Å². The van der Waals surface area contributed by atoms with Crippen molar-refractivity contribution in [3.63, 3.8) is 0 Å². The van der Waals surface area contributed by atoms with Crippen molar-refractivity contribution in [2.75, 3.05) is 6.54 Å². The van der Waals surface area contributed by atoms with E-state index in [1.54, 1.807) is 0 Å². The van der Waals surface area contributed by atoms with Gasteiger partial charge < -0.3 is 5.73 Å². The Bertz CT molecular complexity index is 540. The first kappa shape index (κ1) is 13.1. The second-order valence-corrected chi connectivity index (χ2v) is 5.96. The molecule has 0 radical (unpaired) electrons. The summed E-state index contributed by atoms with van der Waals surface area (Å²) in [6, 6.07) is 13.2. The van der Waals surface area contributed by atoms with Gasteiger partial charge >= 0.3 is 0 Å². The van der Waals surface area contributed by atoms with E-state index in [0.717, 1.165) is 19.4 Å². The van der Waals surface area contributed by atoms with E-state index in [9.17, 15) is 0 Å². The van der Waals surface area contributed by atoms with Crippen LogP contribution in [0.25, 0.3) is 10.8 Å². The zero-order chi connectivity index (χ0) is 13.2. The minimum atomic E-state index is 0.228. The first-order valence-corrected chi connectivity index (χ1v) is 6.71. The summed E-state index contributed by atoms with van der Waals surface area (Å²) in [4.78, 5) is 0. The molecule has 0 fully saturated rings. The van der Waals surface area contributed by atoms with Crippen molar-refractivity contribution < 1.29 is 0 Å². The molecular weight excluding hydrogens is 218 g/mol. The third-order valence-electron chi connectivity index (χ3n) is 3.86. The van der Waals surface area contributed by atoms with E-state index in [2.05, 4.69) is 57.2 Å². The molecule has 0 bridgehead atoms. The second kappa shape index (κ2) is 5.11. The number of aryl methyl sites for hydroxylation is 2. The minimum Gasteiger partial charge on any atom is -0.330 e. The summed E-state index contributed by atoms with van der Waals surface area (Å²) in [6.45, 7) is 7.40. The maximum Gasteiger partial charge on any atom is -0.00257 e. The zero-order valence-corrected chi connectivity index (χ0v) is 11.7. The molecule has 0 saturated carbocycles. The fourth-order valence-electron chi connectivity index (χ4n) is 2.31. The average Bonchev–Trinajstić information content (AvgIpc) is 2.38. The van der Waals surface area contributed by atoms with E-state index in [0.29, 0.717) is 0 Å². The predicted molar refractivity (Wildman–Crippen MR) is 79.8 cm³/mol. The molecule has 0 aliphatic heterocycles. The standard InChI is InChI=1S/C17H23N/c1-13-8-9-14(10-11-17(2,3)12-18)16-7-5-4-6-15(13)16/h4-9H,10-12,18H2,1-3H3. The quantitative estimate of drug-likeness (QED) is 0.858. The summed E-state index contributed by atoms with van der Waals surface area (Å²) in [6.07, 6.45) is 2.24. The zero-order valence-electron chi connectivity index (χ0n) is 11.7. The van der Waals surface area contributed by atoms with Crippen LogP contribution in [0.4, 0.5) is 0 Å². The first-order chi connectivity index (χ1) is 8.53. The number of hydrogen-bond donors (Lipinski definition) is 1. The Morgan fingerprint density at radius 1 is 1.00 bits per heavy atom. The third kappa shape index (κ3) is 2.73. The lowest BCUT2D eigenvalue weighted by molar-refractivity contribution is 0.348. The molecule has 0 amide bonds. The van der Waals surface area contributed by atoms with Crippen LogP contribution in [-0.4, -0.2) is 6.54 Å². The molecule has 0 spiro atoms. The van der Waals surface area contributed by atoms with Crippen molar-refractivity contribution in [2.24, 2.45) is 11.1 Å². The van der Waals surface area contributed by atoms with Gasteiger partial charge in [-0.2, -0.15) is 0 Å².